The van der Waals surface area contributed by atoms with Crippen molar-refractivity contribution in [1.29, 1.82) is 0 Å². The Hall–Kier alpha value is -2.83. The highest BCUT2D eigenvalue weighted by atomic mass is 16.5. The maximum Gasteiger partial charge on any atom is 0.328 e. The molecule has 0 atom stereocenters. The molecule has 2 aromatic rings. The molecule has 7 nitrogen and oxygen atoms in total. The average molecular weight is 289 g/mol. The van der Waals surface area contributed by atoms with Crippen LogP contribution in [0.5, 0.6) is 11.6 Å². The van der Waals surface area contributed by atoms with Crippen LogP contribution < -0.4 is 16.0 Å². The van der Waals surface area contributed by atoms with Gasteiger partial charge in [-0.3, -0.25) is 19.8 Å². The molecule has 0 aliphatic heterocycles. The highest BCUT2D eigenvalue weighted by Crippen LogP contribution is 2.11. The van der Waals surface area contributed by atoms with Gasteiger partial charge in [0, 0.05) is 12.8 Å². The minimum Gasteiger partial charge on any atom is -0.497 e. The molecular formula is C14H15N3O4. The van der Waals surface area contributed by atoms with Crippen LogP contribution in [0.1, 0.15) is 11.1 Å². The summed E-state index contributed by atoms with van der Waals surface area (Å²) >= 11 is 0. The fourth-order valence-corrected chi connectivity index (χ4v) is 1.75. The summed E-state index contributed by atoms with van der Waals surface area (Å²) in [5, 5.41) is 9.47. The lowest BCUT2D eigenvalue weighted by Gasteiger charge is -2.01. The Morgan fingerprint density at radius 3 is 2.57 bits per heavy atom. The van der Waals surface area contributed by atoms with E-state index < -0.39 is 17.1 Å². The number of aromatic hydroxyl groups is 1. The van der Waals surface area contributed by atoms with E-state index in [1.165, 1.54) is 6.21 Å². The minimum atomic E-state index is -0.757. The van der Waals surface area contributed by atoms with Gasteiger partial charge in [0.2, 0.25) is 5.88 Å². The van der Waals surface area contributed by atoms with E-state index in [9.17, 15) is 14.7 Å². The van der Waals surface area contributed by atoms with Crippen molar-refractivity contribution in [2.24, 2.45) is 4.99 Å². The average Bonchev–Trinajstić information content (AvgIpc) is 2.46. The molecule has 0 amide bonds. The largest absolute Gasteiger partial charge is 0.497 e. The van der Waals surface area contributed by atoms with E-state index in [2.05, 4.69) is 9.98 Å². The first-order valence-corrected chi connectivity index (χ1v) is 6.28. The Morgan fingerprint density at radius 1 is 1.24 bits per heavy atom. The SMILES string of the molecule is COc1ccc(CCN=Cc2c(O)[nH]c(=O)[nH]c2=O)cc1. The topological polar surface area (TPSA) is 108 Å². The van der Waals surface area contributed by atoms with Crippen LogP contribution in [0.4, 0.5) is 0 Å². The number of hydrogen-bond donors (Lipinski definition) is 3. The molecule has 7 heteroatoms. The molecule has 0 unspecified atom stereocenters. The Balaban J connectivity index is 1.99. The first kappa shape index (κ1) is 14.6. The molecule has 21 heavy (non-hydrogen) atoms. The van der Waals surface area contributed by atoms with Gasteiger partial charge in [0.05, 0.1) is 7.11 Å². The number of aromatic amines is 2. The lowest BCUT2D eigenvalue weighted by atomic mass is 10.1. The zero-order chi connectivity index (χ0) is 15.2. The molecule has 0 bridgehead atoms. The lowest BCUT2D eigenvalue weighted by molar-refractivity contribution is 0.414. The number of methoxy groups -OCH3 is 1. The summed E-state index contributed by atoms with van der Waals surface area (Å²) in [6.07, 6.45) is 1.93. The molecule has 110 valence electrons. The van der Waals surface area contributed by atoms with E-state index in [-0.39, 0.29) is 5.56 Å². The first-order valence-electron chi connectivity index (χ1n) is 6.28. The van der Waals surface area contributed by atoms with Crippen molar-refractivity contribution in [3.8, 4) is 11.6 Å². The van der Waals surface area contributed by atoms with Crippen LogP contribution in [0.3, 0.4) is 0 Å². The number of hydrogen-bond acceptors (Lipinski definition) is 5. The predicted octanol–water partition coefficient (Wildman–Crippen LogP) is 0.439. The van der Waals surface area contributed by atoms with E-state index in [0.717, 1.165) is 11.3 Å². The molecule has 1 heterocycles. The van der Waals surface area contributed by atoms with Gasteiger partial charge < -0.3 is 9.84 Å². The molecule has 1 aromatic heterocycles. The van der Waals surface area contributed by atoms with E-state index in [0.29, 0.717) is 13.0 Å². The van der Waals surface area contributed by atoms with Gasteiger partial charge in [-0.25, -0.2) is 4.79 Å². The number of nitrogens with zero attached hydrogens (tertiary/aromatic N) is 1. The Morgan fingerprint density at radius 2 is 1.95 bits per heavy atom. The molecule has 3 N–H and O–H groups in total. The third-order valence-corrected chi connectivity index (χ3v) is 2.87. The van der Waals surface area contributed by atoms with Gasteiger partial charge in [-0.1, -0.05) is 12.1 Å². The summed E-state index contributed by atoms with van der Waals surface area (Å²) in [5.74, 6) is 0.295. The quantitative estimate of drug-likeness (QED) is 0.694. The maximum absolute atomic E-state index is 11.5. The Bertz CT molecular complexity index is 744. The van der Waals surface area contributed by atoms with Crippen molar-refractivity contribution in [3.63, 3.8) is 0 Å². The molecule has 0 fully saturated rings. The normalized spacial score (nSPS) is 10.9. The lowest BCUT2D eigenvalue weighted by Crippen LogP contribution is -2.24. The van der Waals surface area contributed by atoms with E-state index in [1.54, 1.807) is 7.11 Å². The second-order valence-electron chi connectivity index (χ2n) is 4.30. The van der Waals surface area contributed by atoms with Crippen LogP contribution in [0.15, 0.2) is 38.8 Å². The zero-order valence-corrected chi connectivity index (χ0v) is 11.4. The van der Waals surface area contributed by atoms with Crippen molar-refractivity contribution < 1.29 is 9.84 Å². The number of benzene rings is 1. The number of nitrogens with one attached hydrogen (secondary N) is 2. The summed E-state index contributed by atoms with van der Waals surface area (Å²) in [6, 6.07) is 7.58. The molecule has 0 spiro atoms. The maximum atomic E-state index is 11.5. The second-order valence-corrected chi connectivity index (χ2v) is 4.30. The van der Waals surface area contributed by atoms with Gasteiger partial charge in [-0.15, -0.1) is 0 Å². The molecule has 2 rings (SSSR count). The summed E-state index contributed by atoms with van der Waals surface area (Å²) in [5.41, 5.74) is -0.422. The predicted molar refractivity (Wildman–Crippen MR) is 78.5 cm³/mol. The number of aromatic nitrogens is 2. The standard InChI is InChI=1S/C14H15N3O4/c1-21-10-4-2-9(3-5-10)6-7-15-8-11-12(18)16-14(20)17-13(11)19/h2-5,8H,6-7H2,1H3,(H3,16,17,18,19,20). The Kier molecular flexibility index (Phi) is 4.55. The number of ether oxygens (including phenoxy) is 1. The molecular weight excluding hydrogens is 274 g/mol. The van der Waals surface area contributed by atoms with Gasteiger partial charge >= 0.3 is 5.69 Å². The van der Waals surface area contributed by atoms with Gasteiger partial charge in [-0.2, -0.15) is 0 Å². The number of rotatable bonds is 5. The molecule has 0 radical (unpaired) electrons. The van der Waals surface area contributed by atoms with Gasteiger partial charge in [0.25, 0.3) is 5.56 Å². The second kappa shape index (κ2) is 6.56. The summed E-state index contributed by atoms with van der Waals surface area (Å²) in [4.78, 5) is 30.5. The third-order valence-electron chi connectivity index (χ3n) is 2.87. The highest BCUT2D eigenvalue weighted by molar-refractivity contribution is 5.81. The van der Waals surface area contributed by atoms with Crippen LogP contribution in [0.25, 0.3) is 0 Å². The fraction of sp³-hybridized carbons (Fsp3) is 0.214. The smallest absolute Gasteiger partial charge is 0.328 e. The molecule has 0 saturated heterocycles. The van der Waals surface area contributed by atoms with Crippen LogP contribution in [0, 0.1) is 0 Å². The minimum absolute atomic E-state index is 0.0654. The summed E-state index contributed by atoms with van der Waals surface area (Å²) in [6.45, 7) is 0.449. The molecule has 1 aromatic carbocycles. The molecule has 0 aliphatic carbocycles. The molecule has 0 saturated carbocycles. The van der Waals surface area contributed by atoms with Crippen LogP contribution in [-0.2, 0) is 6.42 Å². The van der Waals surface area contributed by atoms with Gasteiger partial charge in [0.1, 0.15) is 11.3 Å². The first-order chi connectivity index (χ1) is 10.1. The zero-order valence-electron chi connectivity index (χ0n) is 11.4. The van der Waals surface area contributed by atoms with Crippen molar-refractivity contribution in [1.82, 2.24) is 9.97 Å². The third kappa shape index (κ3) is 3.82. The van der Waals surface area contributed by atoms with E-state index >= 15 is 0 Å². The number of aliphatic imine (C=N–C) groups is 1. The molecule has 0 aliphatic rings. The van der Waals surface area contributed by atoms with E-state index in [1.807, 2.05) is 29.2 Å². The van der Waals surface area contributed by atoms with Crippen LogP contribution in [0.2, 0.25) is 0 Å². The summed E-state index contributed by atoms with van der Waals surface area (Å²) in [7, 11) is 1.60. The van der Waals surface area contributed by atoms with Crippen molar-refractivity contribution in [2.45, 2.75) is 6.42 Å². The highest BCUT2D eigenvalue weighted by Gasteiger charge is 2.04. The van der Waals surface area contributed by atoms with Gasteiger partial charge in [0.15, 0.2) is 0 Å². The summed E-state index contributed by atoms with van der Waals surface area (Å²) < 4.78 is 5.06. The van der Waals surface area contributed by atoms with Crippen LogP contribution in [-0.4, -0.2) is 34.9 Å². The monoisotopic (exact) mass is 289 g/mol. The van der Waals surface area contributed by atoms with Crippen molar-refractivity contribution in [3.05, 3.63) is 56.2 Å². The van der Waals surface area contributed by atoms with Crippen molar-refractivity contribution in [2.75, 3.05) is 13.7 Å². The van der Waals surface area contributed by atoms with Gasteiger partial charge in [-0.05, 0) is 24.1 Å². The fourth-order valence-electron chi connectivity index (χ4n) is 1.75. The Labute approximate surface area is 120 Å². The van der Waals surface area contributed by atoms with Crippen LogP contribution >= 0.6 is 0 Å². The van der Waals surface area contributed by atoms with E-state index in [4.69, 9.17) is 4.74 Å². The van der Waals surface area contributed by atoms with Crippen molar-refractivity contribution >= 4 is 6.21 Å². The number of H-pyrrole nitrogens is 2.